The molecule has 0 amide bonds. The number of halogens is 3. The van der Waals surface area contributed by atoms with E-state index >= 15 is 0 Å². The highest BCUT2D eigenvalue weighted by Gasteiger charge is 2.41. The number of hydrogen-bond acceptors (Lipinski definition) is 5. The molecule has 3 aliphatic rings. The molecule has 4 atom stereocenters. The molecular weight excluding hydrogens is 405 g/mol. The van der Waals surface area contributed by atoms with Gasteiger partial charge in [-0.15, -0.1) is 10.2 Å². The van der Waals surface area contributed by atoms with E-state index < -0.39 is 17.5 Å². The first-order valence-electron chi connectivity index (χ1n) is 11.1. The van der Waals surface area contributed by atoms with Crippen molar-refractivity contribution in [3.05, 3.63) is 41.7 Å². The molecule has 1 unspecified atom stereocenters. The predicted molar refractivity (Wildman–Crippen MR) is 111 cm³/mol. The maximum absolute atomic E-state index is 14.0. The minimum absolute atomic E-state index is 0.102. The third kappa shape index (κ3) is 4.55. The number of anilines is 1. The zero-order chi connectivity index (χ0) is 21.4. The van der Waals surface area contributed by atoms with Gasteiger partial charge in [0.05, 0.1) is 11.8 Å². The van der Waals surface area contributed by atoms with Gasteiger partial charge >= 0.3 is 0 Å². The second-order valence-corrected chi connectivity index (χ2v) is 9.09. The number of rotatable bonds is 5. The van der Waals surface area contributed by atoms with E-state index in [-0.39, 0.29) is 11.3 Å². The summed E-state index contributed by atoms with van der Waals surface area (Å²) in [6, 6.07) is 4.99. The van der Waals surface area contributed by atoms with Crippen molar-refractivity contribution in [2.45, 2.75) is 44.2 Å². The van der Waals surface area contributed by atoms with Crippen LogP contribution in [0.5, 0.6) is 0 Å². The largest absolute Gasteiger partial charge is 0.377 e. The third-order valence-electron chi connectivity index (χ3n) is 6.85. The Labute approximate surface area is 180 Å². The highest BCUT2D eigenvalue weighted by molar-refractivity contribution is 5.60. The van der Waals surface area contributed by atoms with Gasteiger partial charge in [0.25, 0.3) is 0 Å². The van der Waals surface area contributed by atoms with Gasteiger partial charge in [0.15, 0.2) is 11.6 Å². The molecule has 0 radical (unpaired) electrons. The van der Waals surface area contributed by atoms with Crippen LogP contribution in [0.2, 0.25) is 0 Å². The summed E-state index contributed by atoms with van der Waals surface area (Å²) in [6.45, 7) is 4.20. The van der Waals surface area contributed by atoms with Crippen molar-refractivity contribution in [2.75, 3.05) is 31.6 Å². The Kier molecular flexibility index (Phi) is 5.84. The summed E-state index contributed by atoms with van der Waals surface area (Å²) in [5.74, 6) is -1.25. The van der Waals surface area contributed by atoms with Gasteiger partial charge in [-0.05, 0) is 62.1 Å². The Morgan fingerprint density at radius 1 is 1.03 bits per heavy atom. The van der Waals surface area contributed by atoms with Crippen LogP contribution in [0.4, 0.5) is 19.0 Å². The quantitative estimate of drug-likeness (QED) is 0.716. The molecule has 3 fully saturated rings. The SMILES string of the molecule is Fc1cc(F)c(F)c(-c2ccc(N[C@@H]3C[C@@H]4CN(CC5CCCCO5)C[C@@H]4C3)nn2)c1. The molecule has 3 heterocycles. The van der Waals surface area contributed by atoms with Crippen LogP contribution in [-0.2, 0) is 4.74 Å². The molecule has 1 aliphatic carbocycles. The Hall–Kier alpha value is -2.19. The fraction of sp³-hybridized carbons (Fsp3) is 0.565. The summed E-state index contributed by atoms with van der Waals surface area (Å²) >= 11 is 0. The highest BCUT2D eigenvalue weighted by atomic mass is 19.2. The smallest absolute Gasteiger partial charge is 0.168 e. The third-order valence-corrected chi connectivity index (χ3v) is 6.85. The highest BCUT2D eigenvalue weighted by Crippen LogP contribution is 2.39. The van der Waals surface area contributed by atoms with E-state index in [9.17, 15) is 13.2 Å². The first kappa shape index (κ1) is 20.7. The number of aromatic nitrogens is 2. The van der Waals surface area contributed by atoms with Gasteiger partial charge in [-0.2, -0.15) is 0 Å². The molecule has 2 saturated heterocycles. The van der Waals surface area contributed by atoms with Crippen LogP contribution in [0.1, 0.15) is 32.1 Å². The lowest BCUT2D eigenvalue weighted by atomic mass is 10.0. The van der Waals surface area contributed by atoms with Crippen LogP contribution in [-0.4, -0.2) is 53.5 Å². The van der Waals surface area contributed by atoms with Crippen LogP contribution in [0.15, 0.2) is 24.3 Å². The Balaban J connectivity index is 1.16. The number of nitrogens with zero attached hydrogens (tertiary/aromatic N) is 3. The van der Waals surface area contributed by atoms with Crippen molar-refractivity contribution in [3.63, 3.8) is 0 Å². The number of nitrogens with one attached hydrogen (secondary N) is 1. The molecule has 1 saturated carbocycles. The maximum Gasteiger partial charge on any atom is 0.168 e. The number of fused-ring (bicyclic) bond motifs is 1. The molecule has 8 heteroatoms. The van der Waals surface area contributed by atoms with Crippen molar-refractivity contribution < 1.29 is 17.9 Å². The Morgan fingerprint density at radius 2 is 1.84 bits per heavy atom. The zero-order valence-electron chi connectivity index (χ0n) is 17.4. The van der Waals surface area contributed by atoms with Crippen LogP contribution in [0.3, 0.4) is 0 Å². The fourth-order valence-corrected chi connectivity index (χ4v) is 5.41. The molecule has 1 N–H and O–H groups in total. The molecule has 2 aliphatic heterocycles. The standard InChI is InChI=1S/C23H27F3N4O/c24-16-9-19(23(26)20(25)10-16)21-4-5-22(29-28-21)27-17-7-14-11-30(12-15(14)8-17)13-18-3-1-2-6-31-18/h4-5,9-10,14-15,17-18H,1-3,6-8,11-13H2,(H,27,29)/t14-,15+,17-,18?. The van der Waals surface area contributed by atoms with E-state index in [4.69, 9.17) is 4.74 Å². The average Bonchev–Trinajstić information content (AvgIpc) is 3.30. The van der Waals surface area contributed by atoms with Crippen LogP contribution >= 0.6 is 0 Å². The average molecular weight is 432 g/mol. The second kappa shape index (κ2) is 8.74. The van der Waals surface area contributed by atoms with Crippen molar-refractivity contribution in [3.8, 4) is 11.3 Å². The first-order valence-corrected chi connectivity index (χ1v) is 11.1. The fourth-order valence-electron chi connectivity index (χ4n) is 5.41. The molecule has 1 aromatic carbocycles. The van der Waals surface area contributed by atoms with Gasteiger partial charge in [0, 0.05) is 43.9 Å². The van der Waals surface area contributed by atoms with Crippen molar-refractivity contribution >= 4 is 5.82 Å². The molecule has 31 heavy (non-hydrogen) atoms. The maximum atomic E-state index is 14.0. The molecule has 1 aromatic heterocycles. The molecule has 0 spiro atoms. The Morgan fingerprint density at radius 3 is 2.52 bits per heavy atom. The molecule has 0 bridgehead atoms. The molecule has 2 aromatic rings. The van der Waals surface area contributed by atoms with E-state index in [0.29, 0.717) is 35.9 Å². The van der Waals surface area contributed by atoms with Crippen molar-refractivity contribution in [1.29, 1.82) is 0 Å². The topological polar surface area (TPSA) is 50.3 Å². The first-order chi connectivity index (χ1) is 15.0. The van der Waals surface area contributed by atoms with E-state index in [1.54, 1.807) is 6.07 Å². The predicted octanol–water partition coefficient (Wildman–Crippen LogP) is 4.25. The Bertz CT molecular complexity index is 906. The normalized spacial score (nSPS) is 28.6. The summed E-state index contributed by atoms with van der Waals surface area (Å²) in [4.78, 5) is 2.56. The minimum atomic E-state index is -1.24. The van der Waals surface area contributed by atoms with E-state index in [0.717, 1.165) is 45.1 Å². The second-order valence-electron chi connectivity index (χ2n) is 9.09. The molecule has 166 valence electrons. The van der Waals surface area contributed by atoms with Crippen molar-refractivity contribution in [2.24, 2.45) is 11.8 Å². The van der Waals surface area contributed by atoms with E-state index in [1.807, 2.05) is 0 Å². The van der Waals surface area contributed by atoms with Gasteiger partial charge in [0.2, 0.25) is 0 Å². The lowest BCUT2D eigenvalue weighted by molar-refractivity contribution is -0.00303. The number of likely N-dealkylation sites (tertiary alicyclic amines) is 1. The summed E-state index contributed by atoms with van der Waals surface area (Å²) in [6.07, 6.45) is 6.20. The van der Waals surface area contributed by atoms with Gasteiger partial charge < -0.3 is 15.0 Å². The lowest BCUT2D eigenvalue weighted by Gasteiger charge is -2.28. The van der Waals surface area contributed by atoms with E-state index in [1.165, 1.54) is 25.3 Å². The number of hydrogen-bond donors (Lipinski definition) is 1. The molecule has 5 nitrogen and oxygen atoms in total. The lowest BCUT2D eigenvalue weighted by Crippen LogP contribution is -2.35. The van der Waals surface area contributed by atoms with Crippen LogP contribution in [0.25, 0.3) is 11.3 Å². The molecular formula is C23H27F3N4O. The summed E-state index contributed by atoms with van der Waals surface area (Å²) < 4.78 is 46.8. The van der Waals surface area contributed by atoms with Gasteiger partial charge in [-0.1, -0.05) is 0 Å². The van der Waals surface area contributed by atoms with Gasteiger partial charge in [0.1, 0.15) is 11.6 Å². The summed E-state index contributed by atoms with van der Waals surface area (Å²) in [7, 11) is 0. The summed E-state index contributed by atoms with van der Waals surface area (Å²) in [5.41, 5.74) is -0.126. The molecule has 5 rings (SSSR count). The van der Waals surface area contributed by atoms with Crippen molar-refractivity contribution in [1.82, 2.24) is 15.1 Å². The summed E-state index contributed by atoms with van der Waals surface area (Å²) in [5, 5.41) is 11.5. The van der Waals surface area contributed by atoms with Gasteiger partial charge in [-0.3, -0.25) is 0 Å². The number of ether oxygens (including phenoxy) is 1. The van der Waals surface area contributed by atoms with Crippen LogP contribution in [0, 0.1) is 29.3 Å². The number of benzene rings is 1. The zero-order valence-corrected chi connectivity index (χ0v) is 17.4. The van der Waals surface area contributed by atoms with E-state index in [2.05, 4.69) is 20.4 Å². The minimum Gasteiger partial charge on any atom is -0.377 e. The van der Waals surface area contributed by atoms with Crippen LogP contribution < -0.4 is 5.32 Å². The van der Waals surface area contributed by atoms with Gasteiger partial charge in [-0.25, -0.2) is 13.2 Å². The monoisotopic (exact) mass is 432 g/mol.